The largest absolute Gasteiger partial charge is 0.508 e. The topological polar surface area (TPSA) is 90.0 Å². The number of rotatable bonds is 7. The predicted molar refractivity (Wildman–Crippen MR) is 109 cm³/mol. The van der Waals surface area contributed by atoms with Crippen LogP contribution in [-0.2, 0) is 6.18 Å². The highest BCUT2D eigenvalue weighted by atomic mass is 19.4. The summed E-state index contributed by atoms with van der Waals surface area (Å²) in [6, 6.07) is 14.4. The third kappa shape index (κ3) is 5.05. The summed E-state index contributed by atoms with van der Waals surface area (Å²) in [5, 5.41) is 21.7. The van der Waals surface area contributed by atoms with Crippen molar-refractivity contribution in [2.45, 2.75) is 25.1 Å². The first-order valence-electron chi connectivity index (χ1n) is 9.86. The molecule has 1 atom stereocenters. The summed E-state index contributed by atoms with van der Waals surface area (Å²) in [4.78, 5) is 12.4. The summed E-state index contributed by atoms with van der Waals surface area (Å²) >= 11 is 0. The van der Waals surface area contributed by atoms with E-state index in [2.05, 4.69) is 15.7 Å². The second kappa shape index (κ2) is 8.43. The Morgan fingerprint density at radius 3 is 2.61 bits per heavy atom. The number of halogens is 3. The fourth-order valence-electron chi connectivity index (χ4n) is 3.32. The maximum Gasteiger partial charge on any atom is 0.432 e. The molecule has 1 aliphatic rings. The van der Waals surface area contributed by atoms with Gasteiger partial charge in [-0.2, -0.15) is 18.3 Å². The minimum absolute atomic E-state index is 0.154. The number of carbonyl (C=O) groups is 1. The summed E-state index contributed by atoms with van der Waals surface area (Å²) in [5.41, 5.74) is 0.469. The lowest BCUT2D eigenvalue weighted by molar-refractivity contribution is -0.141. The van der Waals surface area contributed by atoms with E-state index in [4.69, 9.17) is 0 Å². The first-order valence-corrected chi connectivity index (χ1v) is 9.86. The molecule has 4 N–H and O–H groups in total. The Kier molecular flexibility index (Phi) is 5.69. The van der Waals surface area contributed by atoms with Gasteiger partial charge < -0.3 is 15.7 Å². The maximum atomic E-state index is 12.7. The van der Waals surface area contributed by atoms with Crippen LogP contribution in [0.15, 0.2) is 54.6 Å². The summed E-state index contributed by atoms with van der Waals surface area (Å²) in [6.07, 6.45) is -2.27. The average molecular weight is 430 g/mol. The zero-order valence-electron chi connectivity index (χ0n) is 16.4. The SMILES string of the molecule is O=C(Nc1cccc(C(NCC2CC2)c2ccccc2O)c1)c1cc(C(F)(F)F)[nH]n1. The monoisotopic (exact) mass is 430 g/mol. The third-order valence-corrected chi connectivity index (χ3v) is 5.15. The standard InChI is InChI=1S/C22H21F3N4O2/c23-22(24,25)19-11-17(28-29-19)21(31)27-15-5-3-4-14(10-15)20(26-12-13-8-9-13)16-6-1-2-7-18(16)30/h1-7,10-11,13,20,26,30H,8-9,12H2,(H,27,31)(H,28,29). The number of amides is 1. The van der Waals surface area contributed by atoms with Gasteiger partial charge in [-0.15, -0.1) is 0 Å². The molecule has 0 saturated heterocycles. The van der Waals surface area contributed by atoms with E-state index in [0.29, 0.717) is 23.2 Å². The fraction of sp³-hybridized carbons (Fsp3) is 0.273. The lowest BCUT2D eigenvalue weighted by Crippen LogP contribution is -2.25. The van der Waals surface area contributed by atoms with Gasteiger partial charge in [0.15, 0.2) is 5.69 Å². The van der Waals surface area contributed by atoms with E-state index in [1.54, 1.807) is 30.3 Å². The number of hydrogen-bond donors (Lipinski definition) is 4. The van der Waals surface area contributed by atoms with Crippen LogP contribution in [0.1, 0.15) is 46.2 Å². The first kappa shape index (κ1) is 20.9. The van der Waals surface area contributed by atoms with E-state index < -0.39 is 17.8 Å². The summed E-state index contributed by atoms with van der Waals surface area (Å²) in [7, 11) is 0. The van der Waals surface area contributed by atoms with E-state index >= 15 is 0 Å². The van der Waals surface area contributed by atoms with E-state index in [1.807, 2.05) is 23.3 Å². The average Bonchev–Trinajstić information content (AvgIpc) is 3.40. The van der Waals surface area contributed by atoms with Crippen molar-refractivity contribution < 1.29 is 23.1 Å². The molecule has 0 bridgehead atoms. The molecule has 1 fully saturated rings. The summed E-state index contributed by atoms with van der Waals surface area (Å²) in [6.45, 7) is 0.795. The van der Waals surface area contributed by atoms with Crippen molar-refractivity contribution in [3.63, 3.8) is 0 Å². The lowest BCUT2D eigenvalue weighted by Gasteiger charge is -2.21. The normalized spacial score (nSPS) is 14.9. The van der Waals surface area contributed by atoms with Crippen molar-refractivity contribution in [2.75, 3.05) is 11.9 Å². The van der Waals surface area contributed by atoms with Gasteiger partial charge >= 0.3 is 6.18 Å². The highest BCUT2D eigenvalue weighted by Crippen LogP contribution is 2.33. The molecule has 1 unspecified atom stereocenters. The Bertz CT molecular complexity index is 1080. The number of para-hydroxylation sites is 1. The van der Waals surface area contributed by atoms with Crippen LogP contribution in [0.3, 0.4) is 0 Å². The van der Waals surface area contributed by atoms with Gasteiger partial charge in [-0.1, -0.05) is 30.3 Å². The van der Waals surface area contributed by atoms with Gasteiger partial charge in [0, 0.05) is 17.3 Å². The number of nitrogens with one attached hydrogen (secondary N) is 3. The Labute approximate surface area is 176 Å². The van der Waals surface area contributed by atoms with Gasteiger partial charge in [0.2, 0.25) is 0 Å². The van der Waals surface area contributed by atoms with Gasteiger partial charge in [0.05, 0.1) is 6.04 Å². The smallest absolute Gasteiger partial charge is 0.432 e. The highest BCUT2D eigenvalue weighted by Gasteiger charge is 2.34. The number of benzene rings is 2. The third-order valence-electron chi connectivity index (χ3n) is 5.15. The number of phenolic OH excluding ortho intramolecular Hbond substituents is 1. The maximum absolute atomic E-state index is 12.7. The zero-order chi connectivity index (χ0) is 22.0. The number of hydrogen-bond acceptors (Lipinski definition) is 4. The van der Waals surface area contributed by atoms with Crippen molar-refractivity contribution >= 4 is 11.6 Å². The van der Waals surface area contributed by atoms with Crippen LogP contribution >= 0.6 is 0 Å². The molecule has 162 valence electrons. The quantitative estimate of drug-likeness (QED) is 0.445. The van der Waals surface area contributed by atoms with Gasteiger partial charge in [0.25, 0.3) is 5.91 Å². The van der Waals surface area contributed by atoms with Crippen molar-refractivity contribution in [3.05, 3.63) is 77.1 Å². The van der Waals surface area contributed by atoms with Crippen molar-refractivity contribution in [3.8, 4) is 5.75 Å². The highest BCUT2D eigenvalue weighted by molar-refractivity contribution is 6.02. The molecule has 2 aromatic carbocycles. The molecule has 0 spiro atoms. The minimum atomic E-state index is -4.61. The van der Waals surface area contributed by atoms with Crippen LogP contribution in [0.4, 0.5) is 18.9 Å². The van der Waals surface area contributed by atoms with Crippen LogP contribution in [-0.4, -0.2) is 27.8 Å². The van der Waals surface area contributed by atoms with Gasteiger partial charge in [-0.25, -0.2) is 0 Å². The van der Waals surface area contributed by atoms with E-state index in [-0.39, 0.29) is 17.5 Å². The molecule has 1 heterocycles. The molecule has 9 heteroatoms. The molecule has 4 rings (SSSR count). The molecule has 1 aromatic heterocycles. The number of phenols is 1. The van der Waals surface area contributed by atoms with Crippen molar-refractivity contribution in [1.29, 1.82) is 0 Å². The Morgan fingerprint density at radius 1 is 1.16 bits per heavy atom. The molecule has 1 amide bonds. The molecule has 0 radical (unpaired) electrons. The Balaban J connectivity index is 1.55. The molecule has 0 aliphatic heterocycles. The van der Waals surface area contributed by atoms with E-state index in [9.17, 15) is 23.1 Å². The molecule has 1 saturated carbocycles. The number of nitrogens with zero attached hydrogens (tertiary/aromatic N) is 1. The molecule has 6 nitrogen and oxygen atoms in total. The van der Waals surface area contributed by atoms with E-state index in [1.165, 1.54) is 12.8 Å². The number of aromatic hydroxyl groups is 1. The molecule has 31 heavy (non-hydrogen) atoms. The van der Waals surface area contributed by atoms with E-state index in [0.717, 1.165) is 12.1 Å². The molecule has 3 aromatic rings. The van der Waals surface area contributed by atoms with Crippen LogP contribution in [0.25, 0.3) is 0 Å². The van der Waals surface area contributed by atoms with Gasteiger partial charge in [-0.05, 0) is 49.1 Å². The van der Waals surface area contributed by atoms with Crippen molar-refractivity contribution in [1.82, 2.24) is 15.5 Å². The Hall–Kier alpha value is -3.33. The number of alkyl halides is 3. The van der Waals surface area contributed by atoms with Gasteiger partial charge in [-0.3, -0.25) is 9.89 Å². The van der Waals surface area contributed by atoms with Crippen LogP contribution < -0.4 is 10.6 Å². The lowest BCUT2D eigenvalue weighted by atomic mass is 9.97. The van der Waals surface area contributed by atoms with Crippen LogP contribution in [0.5, 0.6) is 5.75 Å². The predicted octanol–water partition coefficient (Wildman–Crippen LogP) is 4.48. The van der Waals surface area contributed by atoms with Gasteiger partial charge in [0.1, 0.15) is 11.4 Å². The second-order valence-corrected chi connectivity index (χ2v) is 7.59. The summed E-state index contributed by atoms with van der Waals surface area (Å²) < 4.78 is 38.2. The number of carbonyl (C=O) groups excluding carboxylic acids is 1. The fourth-order valence-corrected chi connectivity index (χ4v) is 3.32. The van der Waals surface area contributed by atoms with Crippen LogP contribution in [0.2, 0.25) is 0 Å². The molecular weight excluding hydrogens is 409 g/mol. The molecular formula is C22H21F3N4O2. The molecule has 1 aliphatic carbocycles. The van der Waals surface area contributed by atoms with Crippen molar-refractivity contribution in [2.24, 2.45) is 5.92 Å². The first-order chi connectivity index (χ1) is 14.8. The van der Waals surface area contributed by atoms with Crippen LogP contribution in [0, 0.1) is 5.92 Å². The second-order valence-electron chi connectivity index (χ2n) is 7.59. The minimum Gasteiger partial charge on any atom is -0.508 e. The Morgan fingerprint density at radius 2 is 1.94 bits per heavy atom. The summed E-state index contributed by atoms with van der Waals surface area (Å²) in [5.74, 6) is 0.00845. The number of aromatic amines is 1. The number of anilines is 1. The zero-order valence-corrected chi connectivity index (χ0v) is 16.4. The number of aromatic nitrogens is 2. The number of H-pyrrole nitrogens is 1.